The summed E-state index contributed by atoms with van der Waals surface area (Å²) in [5, 5.41) is 0. The number of benzene rings is 1. The quantitative estimate of drug-likeness (QED) is 0.606. The summed E-state index contributed by atoms with van der Waals surface area (Å²) in [4.78, 5) is 22.6. The second-order valence-corrected chi connectivity index (χ2v) is 4.33. The lowest BCUT2D eigenvalue weighted by atomic mass is 10.1. The molecule has 0 saturated heterocycles. The zero-order valence-corrected chi connectivity index (χ0v) is 10.5. The summed E-state index contributed by atoms with van der Waals surface area (Å²) in [6.45, 7) is 3.56. The summed E-state index contributed by atoms with van der Waals surface area (Å²) in [7, 11) is 0. The van der Waals surface area contributed by atoms with Crippen molar-refractivity contribution in [1.29, 1.82) is 0 Å². The molecular weight excluding hydrogens is 232 g/mol. The van der Waals surface area contributed by atoms with Crippen LogP contribution in [0.25, 0.3) is 0 Å². The van der Waals surface area contributed by atoms with Crippen molar-refractivity contribution in [3.8, 4) is 5.75 Å². The van der Waals surface area contributed by atoms with Gasteiger partial charge in [0.2, 0.25) is 0 Å². The maximum Gasteiger partial charge on any atom is 0.309 e. The first kappa shape index (κ1) is 12.6. The molecule has 4 heteroatoms. The lowest BCUT2D eigenvalue weighted by Crippen LogP contribution is -2.08. The first-order chi connectivity index (χ1) is 8.63. The highest BCUT2D eigenvalue weighted by Gasteiger charge is 2.46. The van der Waals surface area contributed by atoms with Gasteiger partial charge in [0, 0.05) is 12.8 Å². The van der Waals surface area contributed by atoms with Gasteiger partial charge < -0.3 is 9.47 Å². The first-order valence-electron chi connectivity index (χ1n) is 6.07. The van der Waals surface area contributed by atoms with Crippen LogP contribution in [0.1, 0.15) is 31.7 Å². The third-order valence-corrected chi connectivity index (χ3v) is 2.95. The van der Waals surface area contributed by atoms with Crippen LogP contribution in [0, 0.1) is 5.92 Å². The Morgan fingerprint density at radius 1 is 1.33 bits per heavy atom. The number of ether oxygens (including phenoxy) is 2. The molecule has 1 aromatic rings. The van der Waals surface area contributed by atoms with Crippen LogP contribution < -0.4 is 4.74 Å². The van der Waals surface area contributed by atoms with E-state index in [1.165, 1.54) is 6.92 Å². The van der Waals surface area contributed by atoms with Crippen molar-refractivity contribution in [3.63, 3.8) is 0 Å². The van der Waals surface area contributed by atoms with Gasteiger partial charge in [-0.1, -0.05) is 18.2 Å². The minimum Gasteiger partial charge on any atom is -0.466 e. The zero-order chi connectivity index (χ0) is 13.1. The molecule has 18 heavy (non-hydrogen) atoms. The Hall–Kier alpha value is -1.84. The molecule has 4 nitrogen and oxygen atoms in total. The average molecular weight is 248 g/mol. The van der Waals surface area contributed by atoms with Gasteiger partial charge in [-0.3, -0.25) is 9.59 Å². The Morgan fingerprint density at radius 3 is 2.72 bits per heavy atom. The molecule has 96 valence electrons. The van der Waals surface area contributed by atoms with E-state index in [0.29, 0.717) is 12.4 Å². The average Bonchev–Trinajstić information content (AvgIpc) is 3.09. The van der Waals surface area contributed by atoms with E-state index in [0.717, 1.165) is 12.0 Å². The molecule has 0 spiro atoms. The molecule has 0 aromatic heterocycles. The maximum atomic E-state index is 11.6. The molecule has 1 fully saturated rings. The second kappa shape index (κ2) is 5.21. The second-order valence-electron chi connectivity index (χ2n) is 4.33. The molecule has 0 bridgehead atoms. The van der Waals surface area contributed by atoms with Gasteiger partial charge in [-0.2, -0.15) is 0 Å². The summed E-state index contributed by atoms with van der Waals surface area (Å²) in [5.74, 6) is 0.0407. The highest BCUT2D eigenvalue weighted by Crippen LogP contribution is 2.50. The topological polar surface area (TPSA) is 52.6 Å². The molecule has 2 rings (SSSR count). The SMILES string of the molecule is CCOC(=O)[C@@H]1C[C@@H]1c1ccccc1OC(C)=O. The predicted octanol–water partition coefficient (Wildman–Crippen LogP) is 2.28. The number of carbonyl (C=O) groups excluding carboxylic acids is 2. The lowest BCUT2D eigenvalue weighted by molar-refractivity contribution is -0.144. The van der Waals surface area contributed by atoms with E-state index in [9.17, 15) is 9.59 Å². The van der Waals surface area contributed by atoms with Crippen molar-refractivity contribution < 1.29 is 19.1 Å². The van der Waals surface area contributed by atoms with Crippen LogP contribution in [0.4, 0.5) is 0 Å². The van der Waals surface area contributed by atoms with Crippen LogP contribution in [-0.4, -0.2) is 18.5 Å². The van der Waals surface area contributed by atoms with Crippen LogP contribution in [0.15, 0.2) is 24.3 Å². The molecule has 0 amide bonds. The molecule has 0 heterocycles. The molecule has 1 aliphatic rings. The van der Waals surface area contributed by atoms with Crippen LogP contribution in [0.3, 0.4) is 0 Å². The highest BCUT2D eigenvalue weighted by atomic mass is 16.5. The van der Waals surface area contributed by atoms with Crippen molar-refractivity contribution in [2.24, 2.45) is 5.92 Å². The number of rotatable bonds is 4. The molecule has 1 saturated carbocycles. The Bertz CT molecular complexity index is 467. The van der Waals surface area contributed by atoms with E-state index in [4.69, 9.17) is 9.47 Å². The summed E-state index contributed by atoms with van der Waals surface area (Å²) in [5.41, 5.74) is 0.908. The number of hydrogen-bond acceptors (Lipinski definition) is 4. The lowest BCUT2D eigenvalue weighted by Gasteiger charge is -2.08. The highest BCUT2D eigenvalue weighted by molar-refractivity contribution is 5.78. The van der Waals surface area contributed by atoms with Crippen molar-refractivity contribution in [3.05, 3.63) is 29.8 Å². The minimum atomic E-state index is -0.351. The van der Waals surface area contributed by atoms with E-state index in [2.05, 4.69) is 0 Å². The van der Waals surface area contributed by atoms with E-state index in [-0.39, 0.29) is 23.8 Å². The number of carbonyl (C=O) groups is 2. The van der Waals surface area contributed by atoms with E-state index in [1.807, 2.05) is 18.2 Å². The van der Waals surface area contributed by atoms with Gasteiger partial charge in [0.15, 0.2) is 0 Å². The monoisotopic (exact) mass is 248 g/mol. The third-order valence-electron chi connectivity index (χ3n) is 2.95. The van der Waals surface area contributed by atoms with E-state index in [1.54, 1.807) is 13.0 Å². The molecule has 0 unspecified atom stereocenters. The molecule has 1 aliphatic carbocycles. The number of para-hydroxylation sites is 1. The van der Waals surface area contributed by atoms with Crippen molar-refractivity contribution in [1.82, 2.24) is 0 Å². The molecule has 2 atom stereocenters. The maximum absolute atomic E-state index is 11.6. The Morgan fingerprint density at radius 2 is 2.06 bits per heavy atom. The Labute approximate surface area is 106 Å². The van der Waals surface area contributed by atoms with Gasteiger partial charge in [0.25, 0.3) is 0 Å². The number of hydrogen-bond donors (Lipinski definition) is 0. The summed E-state index contributed by atoms with van der Waals surface area (Å²) in [6, 6.07) is 7.33. The van der Waals surface area contributed by atoms with Crippen LogP contribution in [0.2, 0.25) is 0 Å². The Balaban J connectivity index is 2.11. The summed E-state index contributed by atoms with van der Waals surface area (Å²) < 4.78 is 10.1. The van der Waals surface area contributed by atoms with Crippen LogP contribution >= 0.6 is 0 Å². The smallest absolute Gasteiger partial charge is 0.309 e. The first-order valence-corrected chi connectivity index (χ1v) is 6.07. The number of esters is 2. The summed E-state index contributed by atoms with van der Waals surface area (Å²) >= 11 is 0. The predicted molar refractivity (Wildman–Crippen MR) is 65.2 cm³/mol. The van der Waals surface area contributed by atoms with Crippen molar-refractivity contribution in [2.75, 3.05) is 6.61 Å². The zero-order valence-electron chi connectivity index (χ0n) is 10.5. The normalized spacial score (nSPS) is 21.2. The van der Waals surface area contributed by atoms with Gasteiger partial charge in [0.1, 0.15) is 5.75 Å². The fourth-order valence-electron chi connectivity index (χ4n) is 2.08. The molecule has 1 aromatic carbocycles. The van der Waals surface area contributed by atoms with Gasteiger partial charge in [-0.05, 0) is 25.0 Å². The van der Waals surface area contributed by atoms with E-state index < -0.39 is 0 Å². The molecule has 0 aliphatic heterocycles. The van der Waals surface area contributed by atoms with Crippen LogP contribution in [-0.2, 0) is 14.3 Å². The fraction of sp³-hybridized carbons (Fsp3) is 0.429. The standard InChI is InChI=1S/C14H16O4/c1-3-17-14(16)12-8-11(12)10-6-4-5-7-13(10)18-9(2)15/h4-7,11-12H,3,8H2,1-2H3/t11-,12-/m1/s1. The molecule has 0 N–H and O–H groups in total. The molecule has 0 radical (unpaired) electrons. The van der Waals surface area contributed by atoms with Crippen LogP contribution in [0.5, 0.6) is 5.75 Å². The minimum absolute atomic E-state index is 0.0957. The largest absolute Gasteiger partial charge is 0.466 e. The van der Waals surface area contributed by atoms with E-state index >= 15 is 0 Å². The summed E-state index contributed by atoms with van der Waals surface area (Å²) in [6.07, 6.45) is 0.761. The van der Waals surface area contributed by atoms with Crippen molar-refractivity contribution >= 4 is 11.9 Å². The van der Waals surface area contributed by atoms with Gasteiger partial charge in [-0.15, -0.1) is 0 Å². The van der Waals surface area contributed by atoms with Gasteiger partial charge >= 0.3 is 11.9 Å². The Kier molecular flexibility index (Phi) is 3.65. The third kappa shape index (κ3) is 2.70. The van der Waals surface area contributed by atoms with Crippen molar-refractivity contribution in [2.45, 2.75) is 26.2 Å². The molecular formula is C14H16O4. The van der Waals surface area contributed by atoms with Gasteiger partial charge in [0.05, 0.1) is 12.5 Å². The fourth-order valence-corrected chi connectivity index (χ4v) is 2.08. The van der Waals surface area contributed by atoms with Gasteiger partial charge in [-0.25, -0.2) is 0 Å².